The number of carbonyl (C=O) groups excluding carboxylic acids is 1. The summed E-state index contributed by atoms with van der Waals surface area (Å²) in [7, 11) is -3.20. The largest absolute Gasteiger partial charge is 0.378 e. The lowest BCUT2D eigenvalue weighted by Gasteiger charge is -2.41. The zero-order chi connectivity index (χ0) is 24.5. The summed E-state index contributed by atoms with van der Waals surface area (Å²) >= 11 is 0. The number of likely N-dealkylation sites (tertiary alicyclic amines) is 1. The van der Waals surface area contributed by atoms with Crippen molar-refractivity contribution in [2.75, 3.05) is 45.1 Å². The van der Waals surface area contributed by atoms with Crippen LogP contribution in [0.1, 0.15) is 49.3 Å². The van der Waals surface area contributed by atoms with E-state index in [2.05, 4.69) is 32.0 Å². The maximum Gasteiger partial charge on any atom is 0.320 e. The molecule has 0 saturated carbocycles. The van der Waals surface area contributed by atoms with E-state index >= 15 is 0 Å². The highest BCUT2D eigenvalue weighted by Gasteiger charge is 2.36. The summed E-state index contributed by atoms with van der Waals surface area (Å²) in [6.45, 7) is 11.4. The number of amides is 2. The van der Waals surface area contributed by atoms with Crippen LogP contribution in [0.3, 0.4) is 0 Å². The molecule has 34 heavy (non-hydrogen) atoms. The van der Waals surface area contributed by atoms with Gasteiger partial charge in [-0.3, -0.25) is 4.99 Å². The molecule has 0 radical (unpaired) electrons. The second kappa shape index (κ2) is 10.2. The van der Waals surface area contributed by atoms with Crippen molar-refractivity contribution in [1.82, 2.24) is 9.80 Å². The number of aryl methyl sites for hydroxylation is 2. The molecule has 0 aromatic heterocycles. The van der Waals surface area contributed by atoms with E-state index in [1.165, 1.54) is 16.7 Å². The number of sulfone groups is 1. The molecular weight excluding hydrogens is 450 g/mol. The number of aliphatic imine (C=N–C) groups is 1. The molecule has 2 amide bonds. The van der Waals surface area contributed by atoms with Gasteiger partial charge in [0.2, 0.25) is 0 Å². The van der Waals surface area contributed by atoms with Gasteiger partial charge in [-0.15, -0.1) is 0 Å². The summed E-state index contributed by atoms with van der Waals surface area (Å²) in [5, 5.41) is -0.418. The number of morpholine rings is 1. The van der Waals surface area contributed by atoms with Gasteiger partial charge in [0.1, 0.15) is 0 Å². The number of ether oxygens (including phenoxy) is 1. The molecule has 1 aromatic rings. The summed E-state index contributed by atoms with van der Waals surface area (Å²) in [4.78, 5) is 22.0. The lowest BCUT2D eigenvalue weighted by Crippen LogP contribution is -2.53. The molecule has 1 aromatic carbocycles. The minimum absolute atomic E-state index is 0.0160. The van der Waals surface area contributed by atoms with E-state index in [1.807, 2.05) is 15.9 Å². The number of rotatable bonds is 5. The fourth-order valence-electron chi connectivity index (χ4n) is 4.93. The molecule has 3 aliphatic rings. The fourth-order valence-corrected chi connectivity index (χ4v) is 5.86. The quantitative estimate of drug-likeness (QED) is 0.634. The second-order valence-corrected chi connectivity index (χ2v) is 12.7. The van der Waals surface area contributed by atoms with Crippen LogP contribution < -0.4 is 0 Å². The van der Waals surface area contributed by atoms with Gasteiger partial charge in [0.05, 0.1) is 29.9 Å². The number of hydrogen-bond donors (Lipinski definition) is 0. The van der Waals surface area contributed by atoms with Gasteiger partial charge in [-0.2, -0.15) is 0 Å². The van der Waals surface area contributed by atoms with Gasteiger partial charge in [0.25, 0.3) is 0 Å². The predicted molar refractivity (Wildman–Crippen MR) is 135 cm³/mol. The summed E-state index contributed by atoms with van der Waals surface area (Å²) < 4.78 is 30.2. The SMILES string of the molecule is Cc1ccc(C2CC(C3=NC(CS(=O)(=O)C(C)C)=CC3)CN(C(=O)N3CCOCC3)C2)cc1C. The van der Waals surface area contributed by atoms with Gasteiger partial charge in [0.15, 0.2) is 9.84 Å². The number of urea groups is 1. The first-order chi connectivity index (χ1) is 16.1. The van der Waals surface area contributed by atoms with Crippen molar-refractivity contribution in [1.29, 1.82) is 0 Å². The molecular formula is C26H37N3O4S. The van der Waals surface area contributed by atoms with Crippen molar-refractivity contribution >= 4 is 21.6 Å². The zero-order valence-electron chi connectivity index (χ0n) is 20.8. The van der Waals surface area contributed by atoms with Crippen molar-refractivity contribution in [3.05, 3.63) is 46.7 Å². The van der Waals surface area contributed by atoms with Crippen LogP contribution in [0.4, 0.5) is 4.79 Å². The van der Waals surface area contributed by atoms with Crippen LogP contribution in [0.2, 0.25) is 0 Å². The Labute approximate surface area is 203 Å². The molecule has 4 rings (SSSR count). The Balaban J connectivity index is 1.56. The molecule has 0 aliphatic carbocycles. The van der Waals surface area contributed by atoms with Crippen LogP contribution in [0.15, 0.2) is 35.0 Å². The van der Waals surface area contributed by atoms with Gasteiger partial charge in [-0.05, 0) is 50.8 Å². The van der Waals surface area contributed by atoms with Gasteiger partial charge >= 0.3 is 6.03 Å². The minimum Gasteiger partial charge on any atom is -0.378 e. The van der Waals surface area contributed by atoms with Gasteiger partial charge in [0, 0.05) is 50.1 Å². The molecule has 7 nitrogen and oxygen atoms in total. The average molecular weight is 488 g/mol. The van der Waals surface area contributed by atoms with Crippen LogP contribution >= 0.6 is 0 Å². The number of carbonyl (C=O) groups is 1. The molecule has 3 heterocycles. The fraction of sp³-hybridized carbons (Fsp3) is 0.615. The Kier molecular flexibility index (Phi) is 7.48. The average Bonchev–Trinajstić information content (AvgIpc) is 3.28. The molecule has 8 heteroatoms. The third kappa shape index (κ3) is 5.54. The van der Waals surface area contributed by atoms with E-state index in [0.717, 1.165) is 12.1 Å². The lowest BCUT2D eigenvalue weighted by atomic mass is 9.81. The Hall–Kier alpha value is -2.19. The first-order valence-corrected chi connectivity index (χ1v) is 14.0. The third-order valence-electron chi connectivity index (χ3n) is 7.38. The van der Waals surface area contributed by atoms with Gasteiger partial charge < -0.3 is 14.5 Å². The van der Waals surface area contributed by atoms with Crippen LogP contribution in [0, 0.1) is 19.8 Å². The summed E-state index contributed by atoms with van der Waals surface area (Å²) in [5.74, 6) is 0.313. The van der Waals surface area contributed by atoms with E-state index in [0.29, 0.717) is 51.5 Å². The van der Waals surface area contributed by atoms with E-state index in [4.69, 9.17) is 9.73 Å². The van der Waals surface area contributed by atoms with Crippen molar-refractivity contribution in [3.8, 4) is 0 Å². The Bertz CT molecular complexity index is 1090. The van der Waals surface area contributed by atoms with E-state index in [1.54, 1.807) is 13.8 Å². The molecule has 0 spiro atoms. The maximum absolute atomic E-state index is 13.4. The van der Waals surface area contributed by atoms with Crippen molar-refractivity contribution in [3.63, 3.8) is 0 Å². The van der Waals surface area contributed by atoms with Crippen LogP contribution in [-0.4, -0.2) is 80.4 Å². The van der Waals surface area contributed by atoms with E-state index in [-0.39, 0.29) is 23.6 Å². The molecule has 0 bridgehead atoms. The molecule has 3 aliphatic heterocycles. The minimum atomic E-state index is -3.20. The lowest BCUT2D eigenvalue weighted by molar-refractivity contribution is 0.0396. The first-order valence-electron chi connectivity index (χ1n) is 12.3. The molecule has 2 saturated heterocycles. The standard InChI is InChI=1S/C26H37N3O4S/c1-18(2)34(31,32)17-24-7-8-25(27-24)23-14-22(21-6-5-19(3)20(4)13-21)15-29(16-23)26(30)28-9-11-33-12-10-28/h5-7,13,18,22-23H,8-12,14-17H2,1-4H3. The topological polar surface area (TPSA) is 79.3 Å². The van der Waals surface area contributed by atoms with Crippen LogP contribution in [0.25, 0.3) is 0 Å². The number of allylic oxidation sites excluding steroid dienone is 1. The smallest absolute Gasteiger partial charge is 0.320 e. The molecule has 186 valence electrons. The predicted octanol–water partition coefficient (Wildman–Crippen LogP) is 3.71. The highest BCUT2D eigenvalue weighted by molar-refractivity contribution is 7.92. The Morgan fingerprint density at radius 2 is 1.79 bits per heavy atom. The zero-order valence-corrected chi connectivity index (χ0v) is 21.6. The van der Waals surface area contributed by atoms with E-state index < -0.39 is 15.1 Å². The van der Waals surface area contributed by atoms with Crippen LogP contribution in [-0.2, 0) is 14.6 Å². The molecule has 0 N–H and O–H groups in total. The molecule has 2 atom stereocenters. The molecule has 2 unspecified atom stereocenters. The van der Waals surface area contributed by atoms with Crippen molar-refractivity contribution in [2.24, 2.45) is 10.9 Å². The Morgan fingerprint density at radius 3 is 2.47 bits per heavy atom. The highest BCUT2D eigenvalue weighted by atomic mass is 32.2. The number of nitrogens with zero attached hydrogens (tertiary/aromatic N) is 3. The van der Waals surface area contributed by atoms with E-state index in [9.17, 15) is 13.2 Å². The number of benzene rings is 1. The number of piperidine rings is 1. The third-order valence-corrected chi connectivity index (χ3v) is 9.51. The normalized spacial score (nSPS) is 23.8. The van der Waals surface area contributed by atoms with Gasteiger partial charge in [-0.25, -0.2) is 13.2 Å². The summed E-state index contributed by atoms with van der Waals surface area (Å²) in [5.41, 5.74) is 5.41. The monoisotopic (exact) mass is 487 g/mol. The second-order valence-electron chi connectivity index (χ2n) is 10.1. The first kappa shape index (κ1) is 24.9. The maximum atomic E-state index is 13.4. The summed E-state index contributed by atoms with van der Waals surface area (Å²) in [6.07, 6.45) is 3.52. The van der Waals surface area contributed by atoms with Crippen molar-refractivity contribution < 1.29 is 17.9 Å². The molecule has 2 fully saturated rings. The van der Waals surface area contributed by atoms with Crippen molar-refractivity contribution in [2.45, 2.75) is 51.7 Å². The summed E-state index contributed by atoms with van der Waals surface area (Å²) in [6, 6.07) is 6.65. The van der Waals surface area contributed by atoms with Gasteiger partial charge in [-0.1, -0.05) is 24.3 Å². The van der Waals surface area contributed by atoms with Crippen LogP contribution in [0.5, 0.6) is 0 Å². The highest BCUT2D eigenvalue weighted by Crippen LogP contribution is 2.35. The Morgan fingerprint density at radius 1 is 1.09 bits per heavy atom. The number of hydrogen-bond acceptors (Lipinski definition) is 5.